The molecule has 0 fully saturated rings. The normalized spacial score (nSPS) is 10.6. The Labute approximate surface area is 155 Å². The summed E-state index contributed by atoms with van der Waals surface area (Å²) in [4.78, 5) is 24.6. The van der Waals surface area contributed by atoms with Crippen LogP contribution < -0.4 is 5.32 Å². The number of nitrogens with zero attached hydrogens (tertiary/aromatic N) is 2. The Kier molecular flexibility index (Phi) is 6.50. The van der Waals surface area contributed by atoms with Crippen LogP contribution in [0, 0.1) is 13.8 Å². The molecule has 5 nitrogen and oxygen atoms in total. The van der Waals surface area contributed by atoms with Crippen molar-refractivity contribution in [3.8, 4) is 0 Å². The molecule has 0 aliphatic rings. The van der Waals surface area contributed by atoms with Crippen molar-refractivity contribution in [3.63, 3.8) is 0 Å². The van der Waals surface area contributed by atoms with Gasteiger partial charge in [0.15, 0.2) is 0 Å². The lowest BCUT2D eigenvalue weighted by Gasteiger charge is -2.07. The van der Waals surface area contributed by atoms with Gasteiger partial charge in [0.05, 0.1) is 5.69 Å². The zero-order valence-corrected chi connectivity index (χ0v) is 16.1. The Balaban J connectivity index is 2.15. The van der Waals surface area contributed by atoms with Gasteiger partial charge in [0.25, 0.3) is 5.91 Å². The summed E-state index contributed by atoms with van der Waals surface area (Å²) in [5.41, 5.74) is 4.99. The highest BCUT2D eigenvalue weighted by Crippen LogP contribution is 2.19. The molecular weight excluding hydrogens is 326 g/mol. The number of amides is 1. The molecule has 138 valence electrons. The summed E-state index contributed by atoms with van der Waals surface area (Å²) in [6, 6.07) is 6.93. The maximum atomic E-state index is 12.8. The third-order valence-electron chi connectivity index (χ3n) is 4.29. The molecule has 1 N–H and O–H groups in total. The average Bonchev–Trinajstić information content (AvgIpc) is 2.87. The van der Waals surface area contributed by atoms with Gasteiger partial charge in [-0.05, 0) is 57.9 Å². The van der Waals surface area contributed by atoms with E-state index < -0.39 is 0 Å². The second-order valence-corrected chi connectivity index (χ2v) is 6.73. The van der Waals surface area contributed by atoms with Crippen LogP contribution in [0.4, 0.5) is 5.69 Å². The average molecular weight is 353 g/mol. The minimum Gasteiger partial charge on any atom is -0.326 e. The van der Waals surface area contributed by atoms with Crippen LogP contribution in [0.15, 0.2) is 36.4 Å². The number of rotatable bonds is 7. The number of unbranched alkanes of at least 4 members (excludes halogenated alkanes) is 1. The van der Waals surface area contributed by atoms with E-state index in [1.54, 1.807) is 24.3 Å². The van der Waals surface area contributed by atoms with E-state index in [4.69, 9.17) is 0 Å². The van der Waals surface area contributed by atoms with Crippen LogP contribution >= 0.6 is 0 Å². The molecule has 0 bridgehead atoms. The first-order chi connectivity index (χ1) is 12.3. The molecular formula is C21H27N3O2. The van der Waals surface area contributed by atoms with Crippen molar-refractivity contribution in [3.05, 3.63) is 58.9 Å². The molecule has 0 aliphatic carbocycles. The Bertz CT molecular complexity index is 817. The van der Waals surface area contributed by atoms with Gasteiger partial charge in [-0.15, -0.1) is 0 Å². The highest BCUT2D eigenvalue weighted by atomic mass is 16.2. The first-order valence-electron chi connectivity index (χ1n) is 8.97. The number of allylic oxidation sites excluding steroid dienone is 1. The summed E-state index contributed by atoms with van der Waals surface area (Å²) in [6.45, 7) is 11.8. The highest BCUT2D eigenvalue weighted by molar-refractivity contribution is 5.97. The van der Waals surface area contributed by atoms with Gasteiger partial charge < -0.3 is 5.32 Å². The SMILES string of the molecule is C=C(C)Cc1c(C)nn(C(=O)c2ccc(NC(=O)CCCC)cc2)c1C. The molecule has 0 unspecified atom stereocenters. The maximum absolute atomic E-state index is 12.8. The standard InChI is InChI=1S/C21H27N3O2/c1-6-7-8-20(25)22-18-11-9-17(10-12-18)21(26)24-16(5)19(13-14(2)3)15(4)23-24/h9-12H,2,6-8,13H2,1,3-5H3,(H,22,25). The summed E-state index contributed by atoms with van der Waals surface area (Å²) < 4.78 is 1.45. The third-order valence-corrected chi connectivity index (χ3v) is 4.29. The first-order valence-corrected chi connectivity index (χ1v) is 8.97. The fourth-order valence-corrected chi connectivity index (χ4v) is 2.81. The summed E-state index contributed by atoms with van der Waals surface area (Å²) in [5, 5.41) is 7.25. The lowest BCUT2D eigenvalue weighted by atomic mass is 10.1. The van der Waals surface area contributed by atoms with Gasteiger partial charge >= 0.3 is 0 Å². The van der Waals surface area contributed by atoms with Crippen molar-refractivity contribution >= 4 is 17.5 Å². The van der Waals surface area contributed by atoms with Crippen molar-refractivity contribution < 1.29 is 9.59 Å². The minimum atomic E-state index is -0.178. The van der Waals surface area contributed by atoms with Crippen LogP contribution in [0.3, 0.4) is 0 Å². The third kappa shape index (κ3) is 4.69. The van der Waals surface area contributed by atoms with Crippen molar-refractivity contribution in [2.45, 2.75) is 53.4 Å². The molecule has 1 aromatic heterocycles. The first kappa shape index (κ1) is 19.6. The van der Waals surface area contributed by atoms with E-state index in [1.165, 1.54) is 4.68 Å². The van der Waals surface area contributed by atoms with Gasteiger partial charge in [-0.3, -0.25) is 9.59 Å². The van der Waals surface area contributed by atoms with E-state index >= 15 is 0 Å². The van der Waals surface area contributed by atoms with Crippen LogP contribution in [0.2, 0.25) is 0 Å². The number of carbonyl (C=O) groups is 2. The fraction of sp³-hybridized carbons (Fsp3) is 0.381. The molecule has 26 heavy (non-hydrogen) atoms. The van der Waals surface area contributed by atoms with Crippen LogP contribution in [0.25, 0.3) is 0 Å². The van der Waals surface area contributed by atoms with Crippen LogP contribution in [-0.2, 0) is 11.2 Å². The molecule has 5 heteroatoms. The summed E-state index contributed by atoms with van der Waals surface area (Å²) in [6.07, 6.45) is 3.08. The molecule has 2 aromatic rings. The Hall–Kier alpha value is -2.69. The summed E-state index contributed by atoms with van der Waals surface area (Å²) >= 11 is 0. The highest BCUT2D eigenvalue weighted by Gasteiger charge is 2.18. The molecule has 1 heterocycles. The number of nitrogens with one attached hydrogen (secondary N) is 1. The molecule has 0 atom stereocenters. The summed E-state index contributed by atoms with van der Waals surface area (Å²) in [5.74, 6) is -0.184. The Morgan fingerprint density at radius 1 is 1.19 bits per heavy atom. The van der Waals surface area contributed by atoms with Crippen molar-refractivity contribution in [2.24, 2.45) is 0 Å². The van der Waals surface area contributed by atoms with Crippen LogP contribution in [0.1, 0.15) is 60.4 Å². The lowest BCUT2D eigenvalue weighted by molar-refractivity contribution is -0.116. The van der Waals surface area contributed by atoms with E-state index in [1.807, 2.05) is 20.8 Å². The van der Waals surface area contributed by atoms with Crippen LogP contribution in [0.5, 0.6) is 0 Å². The quantitative estimate of drug-likeness (QED) is 0.749. The van der Waals surface area contributed by atoms with Crippen LogP contribution in [-0.4, -0.2) is 21.6 Å². The number of benzene rings is 1. The van der Waals surface area contributed by atoms with Gasteiger partial charge in [0.1, 0.15) is 0 Å². The molecule has 0 saturated carbocycles. The Morgan fingerprint density at radius 2 is 1.85 bits per heavy atom. The number of aromatic nitrogens is 2. The molecule has 1 aromatic carbocycles. The summed E-state index contributed by atoms with van der Waals surface area (Å²) in [7, 11) is 0. The second-order valence-electron chi connectivity index (χ2n) is 6.73. The van der Waals surface area contributed by atoms with E-state index in [9.17, 15) is 9.59 Å². The number of aryl methyl sites for hydroxylation is 1. The second kappa shape index (κ2) is 8.61. The van der Waals surface area contributed by atoms with E-state index in [0.29, 0.717) is 24.1 Å². The van der Waals surface area contributed by atoms with Gasteiger partial charge in [-0.1, -0.05) is 25.5 Å². The van der Waals surface area contributed by atoms with Gasteiger partial charge in [-0.2, -0.15) is 5.10 Å². The predicted molar refractivity (Wildman–Crippen MR) is 105 cm³/mol. The number of hydrogen-bond donors (Lipinski definition) is 1. The largest absolute Gasteiger partial charge is 0.326 e. The molecule has 0 spiro atoms. The topological polar surface area (TPSA) is 64.0 Å². The smallest absolute Gasteiger partial charge is 0.278 e. The fourth-order valence-electron chi connectivity index (χ4n) is 2.81. The van der Waals surface area contributed by atoms with Gasteiger partial charge in [0, 0.05) is 28.9 Å². The molecule has 1 amide bonds. The minimum absolute atomic E-state index is 0.00564. The van der Waals surface area contributed by atoms with E-state index in [-0.39, 0.29) is 11.8 Å². The number of carbonyl (C=O) groups excluding carboxylic acids is 2. The van der Waals surface area contributed by atoms with E-state index in [0.717, 1.165) is 35.4 Å². The van der Waals surface area contributed by atoms with E-state index in [2.05, 4.69) is 23.9 Å². The number of anilines is 1. The van der Waals surface area contributed by atoms with Gasteiger partial charge in [-0.25, -0.2) is 4.68 Å². The zero-order chi connectivity index (χ0) is 19.3. The monoisotopic (exact) mass is 353 g/mol. The molecule has 0 aliphatic heterocycles. The predicted octanol–water partition coefficient (Wildman–Crippen LogP) is 4.44. The van der Waals surface area contributed by atoms with Crippen molar-refractivity contribution in [1.82, 2.24) is 9.78 Å². The lowest BCUT2D eigenvalue weighted by Crippen LogP contribution is -2.16. The van der Waals surface area contributed by atoms with Gasteiger partial charge in [0.2, 0.25) is 5.91 Å². The van der Waals surface area contributed by atoms with Crippen molar-refractivity contribution in [1.29, 1.82) is 0 Å². The Morgan fingerprint density at radius 3 is 2.42 bits per heavy atom. The zero-order valence-electron chi connectivity index (χ0n) is 16.1. The molecule has 0 saturated heterocycles. The maximum Gasteiger partial charge on any atom is 0.278 e. The number of hydrogen-bond acceptors (Lipinski definition) is 3. The molecule has 2 rings (SSSR count). The van der Waals surface area contributed by atoms with Crippen molar-refractivity contribution in [2.75, 3.05) is 5.32 Å². The molecule has 0 radical (unpaired) electrons.